The highest BCUT2D eigenvalue weighted by molar-refractivity contribution is 5.76. The Hall–Kier alpha value is -1.66. The lowest BCUT2D eigenvalue weighted by molar-refractivity contribution is -0.143. The number of hydrogen-bond donors (Lipinski definition) is 3. The van der Waals surface area contributed by atoms with Gasteiger partial charge in [-0.05, 0) is 57.8 Å². The first kappa shape index (κ1) is 72.3. The van der Waals surface area contributed by atoms with Crippen molar-refractivity contribution in [3.8, 4) is 0 Å². The van der Waals surface area contributed by atoms with E-state index in [0.717, 1.165) is 38.5 Å². The zero-order valence-corrected chi connectivity index (χ0v) is 50.1. The van der Waals surface area contributed by atoms with E-state index < -0.39 is 12.1 Å². The van der Waals surface area contributed by atoms with Crippen LogP contribution in [0.2, 0.25) is 0 Å². The van der Waals surface area contributed by atoms with Crippen LogP contribution in [0.15, 0.2) is 24.3 Å². The predicted octanol–water partition coefficient (Wildman–Crippen LogP) is 21.4. The van der Waals surface area contributed by atoms with Crippen molar-refractivity contribution in [1.29, 1.82) is 0 Å². The summed E-state index contributed by atoms with van der Waals surface area (Å²) in [6.07, 6.45) is 79.8. The van der Waals surface area contributed by atoms with E-state index in [1.54, 1.807) is 6.08 Å². The molecule has 6 nitrogen and oxygen atoms in total. The summed E-state index contributed by atoms with van der Waals surface area (Å²) < 4.78 is 5.50. The highest BCUT2D eigenvalue weighted by atomic mass is 16.5. The highest BCUT2D eigenvalue weighted by Crippen LogP contribution is 2.18. The summed E-state index contributed by atoms with van der Waals surface area (Å²) in [5.41, 5.74) is 0. The van der Waals surface area contributed by atoms with Crippen molar-refractivity contribution in [3.63, 3.8) is 0 Å². The molecule has 0 rings (SSSR count). The van der Waals surface area contributed by atoms with Gasteiger partial charge in [0, 0.05) is 12.8 Å². The molecule has 0 fully saturated rings. The number of rotatable bonds is 63. The molecule has 6 heteroatoms. The van der Waals surface area contributed by atoms with Gasteiger partial charge in [0.05, 0.1) is 25.4 Å². The second-order valence-electron chi connectivity index (χ2n) is 23.2. The largest absolute Gasteiger partial charge is 0.466 e. The molecule has 2 atom stereocenters. The van der Waals surface area contributed by atoms with E-state index >= 15 is 0 Å². The van der Waals surface area contributed by atoms with Crippen LogP contribution in [0.3, 0.4) is 0 Å². The highest BCUT2D eigenvalue weighted by Gasteiger charge is 2.18. The van der Waals surface area contributed by atoms with Gasteiger partial charge < -0.3 is 20.3 Å². The molecule has 0 radical (unpaired) electrons. The molecule has 3 N–H and O–H groups in total. The second kappa shape index (κ2) is 63.9. The molecule has 0 spiro atoms. The molecule has 0 aromatic carbocycles. The summed E-state index contributed by atoms with van der Waals surface area (Å²) in [5.74, 6) is -0.0456. The van der Waals surface area contributed by atoms with Crippen LogP contribution in [0.4, 0.5) is 0 Å². The predicted molar refractivity (Wildman–Crippen MR) is 324 cm³/mol. The van der Waals surface area contributed by atoms with E-state index in [1.807, 2.05) is 6.08 Å². The zero-order chi connectivity index (χ0) is 53.6. The maximum Gasteiger partial charge on any atom is 0.305 e. The molecule has 0 aliphatic carbocycles. The number of amides is 1. The van der Waals surface area contributed by atoms with Crippen molar-refractivity contribution in [3.05, 3.63) is 24.3 Å². The monoisotopic (exact) mass is 1040 g/mol. The Morgan fingerprint density at radius 3 is 0.959 bits per heavy atom. The number of esters is 1. The van der Waals surface area contributed by atoms with E-state index in [4.69, 9.17) is 4.74 Å². The third kappa shape index (κ3) is 59.6. The molecule has 0 saturated carbocycles. The molecular formula is C68H131NO5. The van der Waals surface area contributed by atoms with Gasteiger partial charge in [0.25, 0.3) is 0 Å². The average Bonchev–Trinajstić information content (AvgIpc) is 3.40. The fraction of sp³-hybridized carbons (Fsp3) is 0.912. The van der Waals surface area contributed by atoms with Crippen LogP contribution in [0.5, 0.6) is 0 Å². The van der Waals surface area contributed by atoms with Crippen LogP contribution >= 0.6 is 0 Å². The molecule has 0 saturated heterocycles. The van der Waals surface area contributed by atoms with Gasteiger partial charge in [-0.2, -0.15) is 0 Å². The molecular weight excluding hydrogens is 911 g/mol. The van der Waals surface area contributed by atoms with Crippen molar-refractivity contribution in [2.45, 2.75) is 386 Å². The molecule has 0 aromatic rings. The van der Waals surface area contributed by atoms with E-state index in [0.29, 0.717) is 19.4 Å². The van der Waals surface area contributed by atoms with Gasteiger partial charge in [-0.15, -0.1) is 0 Å². The number of aliphatic hydroxyl groups excluding tert-OH is 2. The standard InChI is InChI=1S/C68H131NO5/c1-3-5-7-9-11-13-14-15-16-32-36-39-42-46-50-54-58-62-68(73)74-63-59-55-51-47-43-40-37-34-31-29-27-25-23-21-19-17-18-20-22-24-26-28-30-33-35-38-41-45-49-53-57-61-67(72)69-65(64-70)66(71)60-56-52-48-44-12-10-8-6-4-2/h19,21,56,60,65-66,70-71H,3-18,20,22-55,57-59,61-64H2,1-2H3,(H,69,72)/b21-19-,60-56+. The first-order valence-electron chi connectivity index (χ1n) is 33.6. The van der Waals surface area contributed by atoms with Crippen molar-refractivity contribution in [2.75, 3.05) is 13.2 Å². The lowest BCUT2D eigenvalue weighted by Gasteiger charge is -2.20. The first-order valence-corrected chi connectivity index (χ1v) is 33.6. The first-order chi connectivity index (χ1) is 36.5. The minimum absolute atomic E-state index is 0.0217. The van der Waals surface area contributed by atoms with Crippen LogP contribution in [0.25, 0.3) is 0 Å². The minimum atomic E-state index is -0.840. The second-order valence-corrected chi connectivity index (χ2v) is 23.2. The normalized spacial score (nSPS) is 12.6. The Morgan fingerprint density at radius 1 is 0.365 bits per heavy atom. The molecule has 0 bridgehead atoms. The van der Waals surface area contributed by atoms with Crippen LogP contribution in [-0.4, -0.2) is 47.4 Å². The number of aliphatic hydroxyl groups is 2. The number of nitrogens with one attached hydrogen (secondary N) is 1. The van der Waals surface area contributed by atoms with E-state index in [2.05, 4.69) is 31.3 Å². The van der Waals surface area contributed by atoms with E-state index in [9.17, 15) is 19.8 Å². The smallest absolute Gasteiger partial charge is 0.305 e. The molecule has 2 unspecified atom stereocenters. The van der Waals surface area contributed by atoms with Gasteiger partial charge in [-0.3, -0.25) is 9.59 Å². The number of allylic oxidation sites excluding steroid dienone is 3. The number of carbonyl (C=O) groups is 2. The average molecular weight is 1040 g/mol. The minimum Gasteiger partial charge on any atom is -0.466 e. The third-order valence-corrected chi connectivity index (χ3v) is 15.7. The fourth-order valence-corrected chi connectivity index (χ4v) is 10.6. The van der Waals surface area contributed by atoms with Crippen molar-refractivity contribution >= 4 is 11.9 Å². The topological polar surface area (TPSA) is 95.9 Å². The molecule has 438 valence electrons. The summed E-state index contributed by atoms with van der Waals surface area (Å²) in [4.78, 5) is 24.5. The van der Waals surface area contributed by atoms with Gasteiger partial charge in [0.1, 0.15) is 0 Å². The van der Waals surface area contributed by atoms with Crippen molar-refractivity contribution in [2.24, 2.45) is 0 Å². The Balaban J connectivity index is 3.32. The Morgan fingerprint density at radius 2 is 0.635 bits per heavy atom. The summed E-state index contributed by atoms with van der Waals surface area (Å²) in [5, 5.41) is 23.0. The molecule has 0 aliphatic heterocycles. The van der Waals surface area contributed by atoms with Gasteiger partial charge in [0.2, 0.25) is 5.91 Å². The van der Waals surface area contributed by atoms with Crippen LogP contribution in [-0.2, 0) is 14.3 Å². The Bertz CT molecular complexity index is 1150. The molecule has 0 heterocycles. The number of ether oxygens (including phenoxy) is 1. The van der Waals surface area contributed by atoms with E-state index in [1.165, 1.54) is 308 Å². The third-order valence-electron chi connectivity index (χ3n) is 15.7. The Kier molecular flexibility index (Phi) is 62.4. The summed E-state index contributed by atoms with van der Waals surface area (Å²) in [7, 11) is 0. The van der Waals surface area contributed by atoms with Crippen molar-refractivity contribution < 1.29 is 24.5 Å². The van der Waals surface area contributed by atoms with Crippen LogP contribution in [0.1, 0.15) is 373 Å². The van der Waals surface area contributed by atoms with Gasteiger partial charge >= 0.3 is 5.97 Å². The molecule has 74 heavy (non-hydrogen) atoms. The maximum absolute atomic E-state index is 12.4. The van der Waals surface area contributed by atoms with E-state index in [-0.39, 0.29) is 18.5 Å². The summed E-state index contributed by atoms with van der Waals surface area (Å²) in [6.45, 7) is 4.91. The lowest BCUT2D eigenvalue weighted by Crippen LogP contribution is -2.45. The SMILES string of the molecule is CCCCCCCCC/C=C/C(O)C(CO)NC(=O)CCCCCCCCCCCCCCCCC/C=C\CCCCCCCCCCCCCCOC(=O)CCCCCCCCCCCCCCCCCCC. The lowest BCUT2D eigenvalue weighted by atomic mass is 10.0. The number of unbranched alkanes of at least 4 members (excludes halogenated alkanes) is 50. The number of carbonyl (C=O) groups excluding carboxylic acids is 2. The summed E-state index contributed by atoms with van der Waals surface area (Å²) in [6, 6.07) is -0.624. The Labute approximate surface area is 462 Å². The fourth-order valence-electron chi connectivity index (χ4n) is 10.6. The quantitative estimate of drug-likeness (QED) is 0.0320. The van der Waals surface area contributed by atoms with Gasteiger partial charge in [0.15, 0.2) is 0 Å². The van der Waals surface area contributed by atoms with Crippen LogP contribution < -0.4 is 5.32 Å². The molecule has 0 aromatic heterocycles. The molecule has 1 amide bonds. The summed E-state index contributed by atoms with van der Waals surface area (Å²) >= 11 is 0. The van der Waals surface area contributed by atoms with Gasteiger partial charge in [-0.1, -0.05) is 327 Å². The maximum atomic E-state index is 12.4. The zero-order valence-electron chi connectivity index (χ0n) is 50.1. The van der Waals surface area contributed by atoms with Gasteiger partial charge in [-0.25, -0.2) is 0 Å². The van der Waals surface area contributed by atoms with Crippen LogP contribution in [0, 0.1) is 0 Å². The van der Waals surface area contributed by atoms with Crippen molar-refractivity contribution in [1.82, 2.24) is 5.32 Å². The molecule has 0 aliphatic rings. The number of hydrogen-bond acceptors (Lipinski definition) is 5.